The fourth-order valence-electron chi connectivity index (χ4n) is 4.89. The number of halogens is 1. The van der Waals surface area contributed by atoms with Crippen LogP contribution in [0.3, 0.4) is 0 Å². The van der Waals surface area contributed by atoms with Crippen LogP contribution >= 0.6 is 0 Å². The van der Waals surface area contributed by atoms with Gasteiger partial charge in [-0.05, 0) is 32.0 Å². The molecule has 1 fully saturated rings. The topological polar surface area (TPSA) is 117 Å². The quantitative estimate of drug-likeness (QED) is 0.538. The number of nitrogens with zero attached hydrogens (tertiary/aromatic N) is 6. The number of carbonyl (C=O) groups excluding carboxylic acids is 1. The summed E-state index contributed by atoms with van der Waals surface area (Å²) in [5, 5.41) is 6.14. The van der Waals surface area contributed by atoms with Crippen LogP contribution in [0, 0.1) is 12.7 Å². The summed E-state index contributed by atoms with van der Waals surface area (Å²) >= 11 is 0. The van der Waals surface area contributed by atoms with E-state index in [9.17, 15) is 9.59 Å². The minimum Gasteiger partial charge on any atom is -0.468 e. The third kappa shape index (κ3) is 4.37. The fraction of sp³-hybridized carbons (Fsp3) is 0.400. The number of rotatable bonds is 5. The zero-order valence-corrected chi connectivity index (χ0v) is 21.3. The lowest BCUT2D eigenvalue weighted by atomic mass is 10.1. The van der Waals surface area contributed by atoms with Crippen molar-refractivity contribution in [2.75, 3.05) is 50.6 Å². The Morgan fingerprint density at radius 3 is 2.62 bits per heavy atom. The Hall–Kier alpha value is -4.06. The van der Waals surface area contributed by atoms with Crippen LogP contribution in [0.15, 0.2) is 28.0 Å². The second-order valence-electron chi connectivity index (χ2n) is 8.97. The maximum absolute atomic E-state index is 15.7. The van der Waals surface area contributed by atoms with E-state index in [0.717, 1.165) is 24.5 Å². The fourth-order valence-corrected chi connectivity index (χ4v) is 4.89. The van der Waals surface area contributed by atoms with Gasteiger partial charge in [0.05, 0.1) is 29.6 Å². The van der Waals surface area contributed by atoms with Crippen LogP contribution in [0.4, 0.5) is 21.6 Å². The predicted octanol–water partition coefficient (Wildman–Crippen LogP) is 2.00. The molecule has 0 bridgehead atoms. The highest BCUT2D eigenvalue weighted by Crippen LogP contribution is 2.37. The summed E-state index contributed by atoms with van der Waals surface area (Å²) in [5.41, 5.74) is 2.67. The Morgan fingerprint density at radius 1 is 1.22 bits per heavy atom. The number of anilines is 2. The lowest BCUT2D eigenvalue weighted by Crippen LogP contribution is -2.46. The van der Waals surface area contributed by atoms with Gasteiger partial charge in [0.1, 0.15) is 11.2 Å². The van der Waals surface area contributed by atoms with Crippen molar-refractivity contribution in [1.82, 2.24) is 24.8 Å². The van der Waals surface area contributed by atoms with Crippen LogP contribution in [0.5, 0.6) is 0 Å². The Labute approximate surface area is 213 Å². The lowest BCUT2D eigenvalue weighted by molar-refractivity contribution is 0.0958. The predicted molar refractivity (Wildman–Crippen MR) is 139 cm³/mol. The molecule has 3 aromatic rings. The SMILES string of the molecule is CCn1c2c3c(cc(CN4CCN(c5ccc(C(=O)NC)nc5C)CC4)c(F)c3nc1=O)NC(OC)=N2. The first kappa shape index (κ1) is 24.6. The van der Waals surface area contributed by atoms with Gasteiger partial charge in [0.15, 0.2) is 11.6 Å². The number of aliphatic imine (C=N–C) groups is 1. The van der Waals surface area contributed by atoms with Crippen molar-refractivity contribution < 1.29 is 13.9 Å². The number of aryl methyl sites for hydroxylation is 1. The molecule has 0 unspecified atom stereocenters. The van der Waals surface area contributed by atoms with Crippen LogP contribution in [0.2, 0.25) is 0 Å². The zero-order chi connectivity index (χ0) is 26.3. The zero-order valence-electron chi connectivity index (χ0n) is 21.3. The average molecular weight is 509 g/mol. The van der Waals surface area contributed by atoms with Crippen molar-refractivity contribution >= 4 is 40.0 Å². The summed E-state index contributed by atoms with van der Waals surface area (Å²) in [4.78, 5) is 41.7. The summed E-state index contributed by atoms with van der Waals surface area (Å²) < 4.78 is 22.4. The number of carbonyl (C=O) groups is 1. The van der Waals surface area contributed by atoms with Crippen molar-refractivity contribution in [3.63, 3.8) is 0 Å². The van der Waals surface area contributed by atoms with Gasteiger partial charge in [-0.3, -0.25) is 14.3 Å². The number of methoxy groups -OCH3 is 1. The van der Waals surface area contributed by atoms with Crippen molar-refractivity contribution in [2.24, 2.45) is 4.99 Å². The number of piperazine rings is 1. The van der Waals surface area contributed by atoms with Crippen molar-refractivity contribution in [2.45, 2.75) is 26.9 Å². The molecule has 2 aromatic heterocycles. The first-order valence-electron chi connectivity index (χ1n) is 12.2. The van der Waals surface area contributed by atoms with E-state index >= 15 is 4.39 Å². The first-order chi connectivity index (χ1) is 17.8. The number of pyridine rings is 1. The molecule has 2 aliphatic heterocycles. The number of aromatic nitrogens is 3. The van der Waals surface area contributed by atoms with Gasteiger partial charge in [0.25, 0.3) is 11.9 Å². The molecule has 4 heterocycles. The van der Waals surface area contributed by atoms with E-state index in [0.29, 0.717) is 54.3 Å². The third-order valence-corrected chi connectivity index (χ3v) is 6.82. The number of hydrogen-bond donors (Lipinski definition) is 2. The van der Waals surface area contributed by atoms with Gasteiger partial charge in [-0.2, -0.15) is 9.98 Å². The molecule has 194 valence electrons. The minimum absolute atomic E-state index is 0.0140. The van der Waals surface area contributed by atoms with Crippen LogP contribution in [0.25, 0.3) is 10.9 Å². The number of hydrogen-bond acceptors (Lipinski definition) is 9. The summed E-state index contributed by atoms with van der Waals surface area (Å²) in [6, 6.07) is 5.63. The smallest absolute Gasteiger partial charge is 0.349 e. The van der Waals surface area contributed by atoms with E-state index in [1.54, 1.807) is 19.2 Å². The van der Waals surface area contributed by atoms with Crippen molar-refractivity contribution in [3.8, 4) is 0 Å². The molecule has 12 heteroatoms. The molecule has 1 amide bonds. The molecule has 0 spiro atoms. The maximum atomic E-state index is 15.7. The maximum Gasteiger partial charge on any atom is 0.349 e. The van der Waals surface area contributed by atoms with E-state index in [2.05, 4.69) is 35.4 Å². The Morgan fingerprint density at radius 2 is 1.97 bits per heavy atom. The summed E-state index contributed by atoms with van der Waals surface area (Å²) in [5.74, 6) is -0.386. The average Bonchev–Trinajstić information content (AvgIpc) is 2.91. The highest BCUT2D eigenvalue weighted by atomic mass is 19.1. The highest BCUT2D eigenvalue weighted by Gasteiger charge is 2.26. The van der Waals surface area contributed by atoms with Gasteiger partial charge in [-0.25, -0.2) is 14.2 Å². The monoisotopic (exact) mass is 508 g/mol. The lowest BCUT2D eigenvalue weighted by Gasteiger charge is -2.36. The van der Waals surface area contributed by atoms with E-state index in [1.165, 1.54) is 11.7 Å². The second kappa shape index (κ2) is 9.77. The molecule has 1 aromatic carbocycles. The molecule has 0 atom stereocenters. The summed E-state index contributed by atoms with van der Waals surface area (Å²) in [7, 11) is 3.06. The number of ether oxygens (including phenoxy) is 1. The normalized spacial score (nSPS) is 15.4. The molecule has 0 aliphatic carbocycles. The van der Waals surface area contributed by atoms with Crippen LogP contribution in [0.1, 0.15) is 28.7 Å². The molecular weight excluding hydrogens is 479 g/mol. The molecule has 0 saturated carbocycles. The van der Waals surface area contributed by atoms with Crippen LogP contribution in [-0.2, 0) is 17.8 Å². The summed E-state index contributed by atoms with van der Waals surface area (Å²) in [6.45, 7) is 7.29. The molecule has 11 nitrogen and oxygen atoms in total. The number of amides is 1. The van der Waals surface area contributed by atoms with Crippen LogP contribution in [-0.4, -0.2) is 71.7 Å². The molecule has 1 saturated heterocycles. The van der Waals surface area contributed by atoms with E-state index < -0.39 is 11.5 Å². The van der Waals surface area contributed by atoms with Gasteiger partial charge in [0, 0.05) is 51.9 Å². The van der Waals surface area contributed by atoms with Gasteiger partial charge < -0.3 is 20.3 Å². The Kier molecular flexibility index (Phi) is 6.50. The Bertz CT molecular complexity index is 1480. The number of nitrogens with one attached hydrogen (secondary N) is 2. The van der Waals surface area contributed by atoms with Crippen LogP contribution < -0.4 is 21.2 Å². The standard InChI is InChI=1S/C25H29FN8O3/c1-5-34-22-19-17(29-24(31-22)37-4)12-15(20(26)21(19)30-25(34)36)13-32-8-10-33(11-9-32)18-7-6-16(23(35)27-3)28-14(18)2/h6-7,12H,5,8-11,13H2,1-4H3,(H,27,35)(H,29,31). The molecule has 0 radical (unpaired) electrons. The summed E-state index contributed by atoms with van der Waals surface area (Å²) in [6.07, 6.45) is 0. The van der Waals surface area contributed by atoms with E-state index in [4.69, 9.17) is 4.74 Å². The molecule has 5 rings (SSSR count). The van der Waals surface area contributed by atoms with Gasteiger partial charge in [0.2, 0.25) is 0 Å². The van der Waals surface area contributed by atoms with Gasteiger partial charge in [-0.1, -0.05) is 0 Å². The molecular formula is C25H29FN8O3. The molecule has 2 aliphatic rings. The number of amidine groups is 1. The van der Waals surface area contributed by atoms with Crippen molar-refractivity contribution in [3.05, 3.63) is 51.5 Å². The molecule has 37 heavy (non-hydrogen) atoms. The Balaban J connectivity index is 1.38. The molecule has 2 N–H and O–H groups in total. The largest absolute Gasteiger partial charge is 0.468 e. The number of benzene rings is 1. The van der Waals surface area contributed by atoms with Gasteiger partial charge in [-0.15, -0.1) is 0 Å². The first-order valence-corrected chi connectivity index (χ1v) is 12.2. The van der Waals surface area contributed by atoms with Gasteiger partial charge >= 0.3 is 5.69 Å². The highest BCUT2D eigenvalue weighted by molar-refractivity contribution is 6.10. The van der Waals surface area contributed by atoms with E-state index in [-0.39, 0.29) is 17.4 Å². The third-order valence-electron chi connectivity index (χ3n) is 6.82. The minimum atomic E-state index is -0.548. The second-order valence-corrected chi connectivity index (χ2v) is 8.97. The van der Waals surface area contributed by atoms with E-state index in [1.807, 2.05) is 19.9 Å². The van der Waals surface area contributed by atoms with Crippen molar-refractivity contribution in [1.29, 1.82) is 0 Å².